The van der Waals surface area contributed by atoms with Gasteiger partial charge in [0.05, 0.1) is 0 Å². The van der Waals surface area contributed by atoms with Crippen LogP contribution in [0, 0.1) is 23.5 Å². The summed E-state index contributed by atoms with van der Waals surface area (Å²) >= 11 is 0. The monoisotopic (exact) mass is 251 g/mol. The van der Waals surface area contributed by atoms with Crippen LogP contribution in [-0.2, 0) is 11.2 Å². The third-order valence-corrected chi connectivity index (χ3v) is 3.93. The van der Waals surface area contributed by atoms with Crippen molar-refractivity contribution in [1.29, 1.82) is 0 Å². The minimum atomic E-state index is -0.878. The lowest BCUT2D eigenvalue weighted by molar-refractivity contribution is -0.120. The molecule has 1 saturated carbocycles. The molecule has 0 spiro atoms. The van der Waals surface area contributed by atoms with Crippen LogP contribution in [0.2, 0.25) is 0 Å². The third-order valence-electron chi connectivity index (χ3n) is 3.93. The number of carbonyl (C=O) groups excluding carboxylic acids is 1. The highest BCUT2D eigenvalue weighted by molar-refractivity contribution is 5.97. The number of hydrogen-bond acceptors (Lipinski definition) is 1. The van der Waals surface area contributed by atoms with Gasteiger partial charge in [0.25, 0.3) is 0 Å². The van der Waals surface area contributed by atoms with Gasteiger partial charge in [0.15, 0.2) is 11.6 Å². The molecule has 0 radical (unpaired) electrons. The molecular formula is C14H15F2NO. The summed E-state index contributed by atoms with van der Waals surface area (Å²) in [7, 11) is 0. The minimum Gasteiger partial charge on any atom is -0.312 e. The summed E-state index contributed by atoms with van der Waals surface area (Å²) in [6.07, 6.45) is 2.43. The van der Waals surface area contributed by atoms with Crippen molar-refractivity contribution in [2.45, 2.75) is 26.2 Å². The first-order chi connectivity index (χ1) is 8.58. The second-order valence-corrected chi connectivity index (χ2v) is 5.31. The lowest BCUT2D eigenvalue weighted by Crippen LogP contribution is -2.37. The summed E-state index contributed by atoms with van der Waals surface area (Å²) in [6, 6.07) is 2.38. The van der Waals surface area contributed by atoms with E-state index in [0.29, 0.717) is 24.6 Å². The Morgan fingerprint density at radius 3 is 2.67 bits per heavy atom. The molecule has 1 aromatic carbocycles. The topological polar surface area (TPSA) is 20.3 Å². The SMILES string of the molecule is CC1CC1C(=O)N1CCCc2cc(F)c(F)cc21. The van der Waals surface area contributed by atoms with Crippen molar-refractivity contribution in [1.82, 2.24) is 0 Å². The Morgan fingerprint density at radius 2 is 2.00 bits per heavy atom. The zero-order chi connectivity index (χ0) is 12.9. The van der Waals surface area contributed by atoms with Gasteiger partial charge in [0, 0.05) is 24.2 Å². The van der Waals surface area contributed by atoms with Crippen molar-refractivity contribution in [3.05, 3.63) is 29.3 Å². The Labute approximate surface area is 105 Å². The van der Waals surface area contributed by atoms with Gasteiger partial charge in [-0.3, -0.25) is 4.79 Å². The molecule has 2 atom stereocenters. The van der Waals surface area contributed by atoms with Crippen LogP contribution in [0.1, 0.15) is 25.3 Å². The number of amides is 1. The lowest BCUT2D eigenvalue weighted by Gasteiger charge is -2.30. The van der Waals surface area contributed by atoms with E-state index in [1.165, 1.54) is 6.07 Å². The summed E-state index contributed by atoms with van der Waals surface area (Å²) in [6.45, 7) is 2.65. The molecule has 1 amide bonds. The summed E-state index contributed by atoms with van der Waals surface area (Å²) in [5, 5.41) is 0. The highest BCUT2D eigenvalue weighted by Crippen LogP contribution is 2.41. The lowest BCUT2D eigenvalue weighted by atomic mass is 10.0. The summed E-state index contributed by atoms with van der Waals surface area (Å²) in [4.78, 5) is 13.9. The van der Waals surface area contributed by atoms with E-state index in [2.05, 4.69) is 0 Å². The fourth-order valence-electron chi connectivity index (χ4n) is 2.67. The normalized spacial score (nSPS) is 25.8. The van der Waals surface area contributed by atoms with Crippen molar-refractivity contribution < 1.29 is 13.6 Å². The molecule has 1 fully saturated rings. The van der Waals surface area contributed by atoms with Crippen LogP contribution in [0.5, 0.6) is 0 Å². The van der Waals surface area contributed by atoms with E-state index in [9.17, 15) is 13.6 Å². The summed E-state index contributed by atoms with van der Waals surface area (Å²) in [5.41, 5.74) is 1.30. The molecule has 96 valence electrons. The molecule has 1 aliphatic carbocycles. The molecule has 4 heteroatoms. The Hall–Kier alpha value is -1.45. The number of carbonyl (C=O) groups is 1. The van der Waals surface area contributed by atoms with Gasteiger partial charge in [-0.15, -0.1) is 0 Å². The van der Waals surface area contributed by atoms with Gasteiger partial charge in [-0.1, -0.05) is 6.92 Å². The molecule has 1 heterocycles. The van der Waals surface area contributed by atoms with E-state index >= 15 is 0 Å². The number of halogens is 2. The van der Waals surface area contributed by atoms with Gasteiger partial charge in [-0.05, 0) is 36.8 Å². The predicted octanol–water partition coefficient (Wildman–Crippen LogP) is 2.90. The zero-order valence-corrected chi connectivity index (χ0v) is 10.2. The second kappa shape index (κ2) is 4.04. The quantitative estimate of drug-likeness (QED) is 0.751. The Morgan fingerprint density at radius 1 is 1.33 bits per heavy atom. The highest BCUT2D eigenvalue weighted by atomic mass is 19.2. The number of anilines is 1. The Balaban J connectivity index is 1.96. The molecule has 1 aliphatic heterocycles. The van der Waals surface area contributed by atoms with Crippen LogP contribution in [0.25, 0.3) is 0 Å². The van der Waals surface area contributed by atoms with Crippen LogP contribution in [0.15, 0.2) is 12.1 Å². The van der Waals surface area contributed by atoms with Crippen molar-refractivity contribution in [3.8, 4) is 0 Å². The van der Waals surface area contributed by atoms with E-state index in [-0.39, 0.29) is 11.8 Å². The van der Waals surface area contributed by atoms with Crippen molar-refractivity contribution in [2.75, 3.05) is 11.4 Å². The molecule has 2 unspecified atom stereocenters. The van der Waals surface area contributed by atoms with Gasteiger partial charge in [-0.25, -0.2) is 8.78 Å². The van der Waals surface area contributed by atoms with Gasteiger partial charge in [0.1, 0.15) is 0 Å². The molecule has 2 aliphatic rings. The third kappa shape index (κ3) is 1.80. The van der Waals surface area contributed by atoms with Crippen LogP contribution in [0.4, 0.5) is 14.5 Å². The molecule has 18 heavy (non-hydrogen) atoms. The van der Waals surface area contributed by atoms with Gasteiger partial charge < -0.3 is 4.90 Å². The van der Waals surface area contributed by atoms with E-state index in [1.54, 1.807) is 4.90 Å². The molecule has 0 bridgehead atoms. The van der Waals surface area contributed by atoms with Crippen LogP contribution in [0.3, 0.4) is 0 Å². The average Bonchev–Trinajstić information content (AvgIpc) is 3.06. The van der Waals surface area contributed by atoms with Crippen molar-refractivity contribution >= 4 is 11.6 Å². The number of aryl methyl sites for hydroxylation is 1. The Kier molecular flexibility index (Phi) is 2.61. The Bertz CT molecular complexity index is 515. The molecule has 3 rings (SSSR count). The number of hydrogen-bond donors (Lipinski definition) is 0. The number of nitrogens with zero attached hydrogens (tertiary/aromatic N) is 1. The van der Waals surface area contributed by atoms with E-state index in [4.69, 9.17) is 0 Å². The average molecular weight is 251 g/mol. The van der Waals surface area contributed by atoms with E-state index in [0.717, 1.165) is 24.5 Å². The largest absolute Gasteiger partial charge is 0.312 e. The van der Waals surface area contributed by atoms with E-state index < -0.39 is 11.6 Å². The van der Waals surface area contributed by atoms with Crippen molar-refractivity contribution in [3.63, 3.8) is 0 Å². The molecule has 0 saturated heterocycles. The van der Waals surface area contributed by atoms with Crippen LogP contribution >= 0.6 is 0 Å². The van der Waals surface area contributed by atoms with Crippen molar-refractivity contribution in [2.24, 2.45) is 11.8 Å². The molecule has 1 aromatic rings. The predicted molar refractivity (Wildman–Crippen MR) is 64.3 cm³/mol. The smallest absolute Gasteiger partial charge is 0.230 e. The first-order valence-electron chi connectivity index (χ1n) is 6.37. The molecule has 2 nitrogen and oxygen atoms in total. The van der Waals surface area contributed by atoms with Gasteiger partial charge in [-0.2, -0.15) is 0 Å². The zero-order valence-electron chi connectivity index (χ0n) is 10.2. The van der Waals surface area contributed by atoms with Crippen LogP contribution in [-0.4, -0.2) is 12.5 Å². The number of rotatable bonds is 1. The fourth-order valence-corrected chi connectivity index (χ4v) is 2.67. The minimum absolute atomic E-state index is 0.0643. The maximum atomic E-state index is 13.3. The number of benzene rings is 1. The number of fused-ring (bicyclic) bond motifs is 1. The first kappa shape index (κ1) is 11.6. The maximum absolute atomic E-state index is 13.3. The molecule has 0 aromatic heterocycles. The standard InChI is InChI=1S/C14H15F2NO/c1-8-5-10(8)14(18)17-4-2-3-9-6-11(15)12(16)7-13(9)17/h6-8,10H,2-5H2,1H3. The second-order valence-electron chi connectivity index (χ2n) is 5.31. The summed E-state index contributed by atoms with van der Waals surface area (Å²) in [5.74, 6) is -1.15. The maximum Gasteiger partial charge on any atom is 0.230 e. The van der Waals surface area contributed by atoms with Gasteiger partial charge in [0.2, 0.25) is 5.91 Å². The molecule has 0 N–H and O–H groups in total. The first-order valence-corrected chi connectivity index (χ1v) is 6.37. The summed E-state index contributed by atoms with van der Waals surface area (Å²) < 4.78 is 26.5. The fraction of sp³-hybridized carbons (Fsp3) is 0.500. The van der Waals surface area contributed by atoms with E-state index in [1.807, 2.05) is 6.92 Å². The molecular weight excluding hydrogens is 236 g/mol. The van der Waals surface area contributed by atoms with Gasteiger partial charge >= 0.3 is 0 Å². The van der Waals surface area contributed by atoms with Crippen LogP contribution < -0.4 is 4.90 Å². The highest BCUT2D eigenvalue weighted by Gasteiger charge is 2.42.